The zero-order valence-electron chi connectivity index (χ0n) is 14.5. The Morgan fingerprint density at radius 1 is 1.32 bits per heavy atom. The summed E-state index contributed by atoms with van der Waals surface area (Å²) in [7, 11) is 0. The third-order valence-corrected chi connectivity index (χ3v) is 4.57. The van der Waals surface area contributed by atoms with Crippen molar-refractivity contribution in [2.45, 2.75) is 45.6 Å². The highest BCUT2D eigenvalue weighted by Crippen LogP contribution is 2.29. The van der Waals surface area contributed by atoms with E-state index in [2.05, 4.69) is 16.5 Å². The Labute approximate surface area is 146 Å². The molecule has 3 rings (SSSR count). The van der Waals surface area contributed by atoms with E-state index in [1.54, 1.807) is 13.8 Å². The number of amides is 1. The van der Waals surface area contributed by atoms with Gasteiger partial charge in [0, 0.05) is 5.56 Å². The molecule has 1 N–H and O–H groups in total. The van der Waals surface area contributed by atoms with E-state index >= 15 is 0 Å². The molecule has 0 saturated heterocycles. The monoisotopic (exact) mass is 342 g/mol. The largest absolute Gasteiger partial charge is 0.455 e. The lowest BCUT2D eigenvalue weighted by atomic mass is 9.88. The molecule has 0 saturated carbocycles. The van der Waals surface area contributed by atoms with Crippen LogP contribution in [0.2, 0.25) is 0 Å². The van der Waals surface area contributed by atoms with Gasteiger partial charge in [0.2, 0.25) is 0 Å². The fraction of sp³-hybridized carbons (Fsp3) is 0.421. The minimum absolute atomic E-state index is 0.0151. The van der Waals surface area contributed by atoms with Crippen molar-refractivity contribution in [1.29, 1.82) is 0 Å². The fourth-order valence-corrected chi connectivity index (χ4v) is 3.24. The Morgan fingerprint density at radius 3 is 2.88 bits per heavy atom. The number of aryl methyl sites for hydroxylation is 3. The van der Waals surface area contributed by atoms with E-state index in [1.807, 2.05) is 18.2 Å². The second kappa shape index (κ2) is 7.51. The molecule has 1 aromatic heterocycles. The Kier molecular flexibility index (Phi) is 5.16. The lowest BCUT2D eigenvalue weighted by molar-refractivity contribution is -0.148. The van der Waals surface area contributed by atoms with Crippen molar-refractivity contribution in [2.75, 3.05) is 6.61 Å². The summed E-state index contributed by atoms with van der Waals surface area (Å²) in [5.41, 5.74) is 3.81. The quantitative estimate of drug-likeness (QED) is 0.845. The van der Waals surface area contributed by atoms with Crippen LogP contribution in [-0.4, -0.2) is 23.6 Å². The van der Waals surface area contributed by atoms with E-state index in [9.17, 15) is 9.59 Å². The normalized spacial score (nSPS) is 16.2. The summed E-state index contributed by atoms with van der Waals surface area (Å²) >= 11 is 0. The van der Waals surface area contributed by atoms with Gasteiger partial charge in [0.25, 0.3) is 5.91 Å². The number of ether oxygens (including phenoxy) is 1. The van der Waals surface area contributed by atoms with E-state index in [4.69, 9.17) is 9.26 Å². The number of nitrogens with one attached hydrogen (secondary N) is 1. The summed E-state index contributed by atoms with van der Waals surface area (Å²) in [5, 5.41) is 6.77. The van der Waals surface area contributed by atoms with Crippen LogP contribution < -0.4 is 5.32 Å². The summed E-state index contributed by atoms with van der Waals surface area (Å²) in [6, 6.07) is 8.12. The maximum absolute atomic E-state index is 12.1. The van der Waals surface area contributed by atoms with Crippen LogP contribution in [0.1, 0.15) is 47.0 Å². The van der Waals surface area contributed by atoms with E-state index < -0.39 is 5.97 Å². The minimum Gasteiger partial charge on any atom is -0.455 e. The second-order valence-corrected chi connectivity index (χ2v) is 6.35. The fourth-order valence-electron chi connectivity index (χ4n) is 3.24. The smallest absolute Gasteiger partial charge is 0.310 e. The molecule has 1 atom stereocenters. The molecule has 0 bridgehead atoms. The maximum Gasteiger partial charge on any atom is 0.310 e. The minimum atomic E-state index is -0.464. The van der Waals surface area contributed by atoms with Crippen molar-refractivity contribution < 1.29 is 18.8 Å². The Morgan fingerprint density at radius 2 is 2.12 bits per heavy atom. The predicted molar refractivity (Wildman–Crippen MR) is 90.9 cm³/mol. The Hall–Kier alpha value is -2.63. The van der Waals surface area contributed by atoms with Gasteiger partial charge in [0.05, 0.1) is 18.2 Å². The SMILES string of the molecule is Cc1noc(C)c1CC(=O)OCC(=O)N[C@H]1CCCc2ccccc21. The lowest BCUT2D eigenvalue weighted by Crippen LogP contribution is -2.34. The van der Waals surface area contributed by atoms with Crippen molar-refractivity contribution in [3.8, 4) is 0 Å². The van der Waals surface area contributed by atoms with Crippen molar-refractivity contribution in [3.05, 3.63) is 52.4 Å². The van der Waals surface area contributed by atoms with Crippen LogP contribution in [0.15, 0.2) is 28.8 Å². The van der Waals surface area contributed by atoms with E-state index in [-0.39, 0.29) is 25.0 Å². The first kappa shape index (κ1) is 17.2. The van der Waals surface area contributed by atoms with E-state index in [0.29, 0.717) is 17.0 Å². The first-order valence-corrected chi connectivity index (χ1v) is 8.49. The molecule has 1 aromatic carbocycles. The lowest BCUT2D eigenvalue weighted by Gasteiger charge is -2.26. The highest BCUT2D eigenvalue weighted by Gasteiger charge is 2.22. The van der Waals surface area contributed by atoms with Gasteiger partial charge in [-0.25, -0.2) is 0 Å². The third kappa shape index (κ3) is 4.07. The molecular weight excluding hydrogens is 320 g/mol. The molecule has 1 aliphatic carbocycles. The average molecular weight is 342 g/mol. The molecule has 25 heavy (non-hydrogen) atoms. The van der Waals surface area contributed by atoms with Crippen molar-refractivity contribution in [1.82, 2.24) is 10.5 Å². The van der Waals surface area contributed by atoms with Crippen LogP contribution in [0, 0.1) is 13.8 Å². The van der Waals surface area contributed by atoms with Gasteiger partial charge in [-0.15, -0.1) is 0 Å². The molecular formula is C19H22N2O4. The summed E-state index contributed by atoms with van der Waals surface area (Å²) < 4.78 is 10.1. The number of rotatable bonds is 5. The van der Waals surface area contributed by atoms with Crippen molar-refractivity contribution in [2.24, 2.45) is 0 Å². The van der Waals surface area contributed by atoms with Crippen LogP contribution in [-0.2, 0) is 27.2 Å². The van der Waals surface area contributed by atoms with Crippen LogP contribution >= 0.6 is 0 Å². The highest BCUT2D eigenvalue weighted by atomic mass is 16.5. The number of hydrogen-bond donors (Lipinski definition) is 1. The summed E-state index contributed by atoms with van der Waals surface area (Å²) in [6.45, 7) is 3.24. The zero-order valence-corrected chi connectivity index (χ0v) is 14.5. The predicted octanol–water partition coefficient (Wildman–Crippen LogP) is 2.57. The molecule has 6 nitrogen and oxygen atoms in total. The van der Waals surface area contributed by atoms with Gasteiger partial charge in [-0.1, -0.05) is 29.4 Å². The van der Waals surface area contributed by atoms with Gasteiger partial charge in [-0.3, -0.25) is 9.59 Å². The van der Waals surface area contributed by atoms with Crippen LogP contribution in [0.25, 0.3) is 0 Å². The summed E-state index contributed by atoms with van der Waals surface area (Å²) in [5.74, 6) is -0.153. The number of fused-ring (bicyclic) bond motifs is 1. The van der Waals surface area contributed by atoms with Crippen LogP contribution in [0.4, 0.5) is 0 Å². The van der Waals surface area contributed by atoms with Crippen LogP contribution in [0.5, 0.6) is 0 Å². The molecule has 0 aliphatic heterocycles. The van der Waals surface area contributed by atoms with Gasteiger partial charge in [0.1, 0.15) is 5.76 Å². The molecule has 1 aliphatic rings. The standard InChI is InChI=1S/C19H22N2O4/c1-12-16(13(2)25-21-12)10-19(23)24-11-18(22)20-17-9-5-7-14-6-3-4-8-15(14)17/h3-4,6,8,17H,5,7,9-11H2,1-2H3,(H,20,22)/t17-/m0/s1. The highest BCUT2D eigenvalue weighted by molar-refractivity contribution is 5.81. The van der Waals surface area contributed by atoms with Crippen LogP contribution in [0.3, 0.4) is 0 Å². The molecule has 2 aromatic rings. The van der Waals surface area contributed by atoms with Crippen molar-refractivity contribution >= 4 is 11.9 Å². The average Bonchev–Trinajstić information content (AvgIpc) is 2.92. The first-order valence-electron chi connectivity index (χ1n) is 8.49. The molecule has 0 fully saturated rings. The number of benzene rings is 1. The van der Waals surface area contributed by atoms with Gasteiger partial charge in [-0.2, -0.15) is 0 Å². The zero-order chi connectivity index (χ0) is 17.8. The third-order valence-electron chi connectivity index (χ3n) is 4.57. The van der Waals surface area contributed by atoms with Gasteiger partial charge < -0.3 is 14.6 Å². The van der Waals surface area contributed by atoms with Gasteiger partial charge in [0.15, 0.2) is 6.61 Å². The Balaban J connectivity index is 1.51. The van der Waals surface area contributed by atoms with E-state index in [1.165, 1.54) is 5.56 Å². The number of nitrogens with zero attached hydrogens (tertiary/aromatic N) is 1. The van der Waals surface area contributed by atoms with Crippen molar-refractivity contribution in [3.63, 3.8) is 0 Å². The molecule has 0 unspecified atom stereocenters. The first-order chi connectivity index (χ1) is 12.0. The Bertz CT molecular complexity index is 762. The topological polar surface area (TPSA) is 81.4 Å². The van der Waals surface area contributed by atoms with Gasteiger partial charge in [-0.05, 0) is 44.2 Å². The molecule has 0 spiro atoms. The summed E-state index contributed by atoms with van der Waals surface area (Å²) in [6.07, 6.45) is 3.03. The number of aromatic nitrogens is 1. The molecule has 6 heteroatoms. The number of hydrogen-bond acceptors (Lipinski definition) is 5. The molecule has 0 radical (unpaired) electrons. The second-order valence-electron chi connectivity index (χ2n) is 6.35. The molecule has 132 valence electrons. The summed E-state index contributed by atoms with van der Waals surface area (Å²) in [4.78, 5) is 24.1. The number of carbonyl (C=O) groups excluding carboxylic acids is 2. The maximum atomic E-state index is 12.1. The molecule has 1 amide bonds. The molecule has 1 heterocycles. The number of esters is 1. The number of carbonyl (C=O) groups is 2. The van der Waals surface area contributed by atoms with E-state index in [0.717, 1.165) is 24.8 Å². The van der Waals surface area contributed by atoms with Gasteiger partial charge >= 0.3 is 5.97 Å².